The fourth-order valence-corrected chi connectivity index (χ4v) is 1.48. The van der Waals surface area contributed by atoms with Crippen molar-refractivity contribution < 1.29 is 41.0 Å². The van der Waals surface area contributed by atoms with Crippen molar-refractivity contribution in [1.29, 1.82) is 0 Å². The van der Waals surface area contributed by atoms with E-state index in [4.69, 9.17) is 20.4 Å². The molecule has 0 atom stereocenters. The summed E-state index contributed by atoms with van der Waals surface area (Å²) in [5.74, 6) is -4.91. The summed E-state index contributed by atoms with van der Waals surface area (Å²) in [6.45, 7) is -2.25. The Kier molecular flexibility index (Phi) is 12.1. The minimum atomic E-state index is -1.23. The van der Waals surface area contributed by atoms with Crippen molar-refractivity contribution in [3.8, 4) is 0 Å². The second kappa shape index (κ2) is 11.5. The molecule has 11 heteroatoms. The van der Waals surface area contributed by atoms with E-state index < -0.39 is 50.1 Å². The Morgan fingerprint density at radius 3 is 0.952 bits per heavy atom. The largest absolute Gasteiger partial charge is 0.480 e. The molecule has 10 nitrogen and oxygen atoms in total. The Hall–Kier alpha value is -1.20. The fraction of sp³-hybridized carbons (Fsp3) is 0.600. The number of carbonyl (C=O) groups is 4. The normalized spacial score (nSPS) is 10.2. The first-order valence-corrected chi connectivity index (χ1v) is 5.52. The SMILES string of the molecule is O=C(O)CN(CCN(CC(=O)O)CC(=O)O)CC(=O)O.[HH].[Na]. The number of carboxylic acids is 4. The van der Waals surface area contributed by atoms with E-state index >= 15 is 0 Å². The van der Waals surface area contributed by atoms with E-state index in [1.165, 1.54) is 0 Å². The van der Waals surface area contributed by atoms with Gasteiger partial charge in [-0.15, -0.1) is 0 Å². The molecular formula is C10H18N2NaO8. The van der Waals surface area contributed by atoms with Gasteiger partial charge in [0.2, 0.25) is 0 Å². The van der Waals surface area contributed by atoms with Crippen molar-refractivity contribution in [2.75, 3.05) is 39.3 Å². The van der Waals surface area contributed by atoms with Crippen molar-refractivity contribution >= 4 is 53.4 Å². The average Bonchev–Trinajstić information content (AvgIpc) is 2.22. The van der Waals surface area contributed by atoms with Gasteiger partial charge in [0.25, 0.3) is 0 Å². The van der Waals surface area contributed by atoms with Crippen LogP contribution >= 0.6 is 0 Å². The summed E-state index contributed by atoms with van der Waals surface area (Å²) in [6.07, 6.45) is 0. The third-order valence-corrected chi connectivity index (χ3v) is 2.17. The molecular weight excluding hydrogens is 299 g/mol. The minimum Gasteiger partial charge on any atom is -0.480 e. The summed E-state index contributed by atoms with van der Waals surface area (Å²) >= 11 is 0. The third kappa shape index (κ3) is 13.5. The van der Waals surface area contributed by atoms with Crippen LogP contribution in [-0.4, -0.2) is 123 Å². The molecule has 0 aromatic rings. The molecule has 0 aliphatic rings. The van der Waals surface area contributed by atoms with Crippen LogP contribution in [-0.2, 0) is 19.2 Å². The molecule has 1 radical (unpaired) electrons. The zero-order valence-corrected chi connectivity index (χ0v) is 13.6. The Morgan fingerprint density at radius 1 is 0.619 bits per heavy atom. The second-order valence-corrected chi connectivity index (χ2v) is 4.00. The van der Waals surface area contributed by atoms with Gasteiger partial charge in [-0.2, -0.15) is 0 Å². The van der Waals surface area contributed by atoms with Crippen molar-refractivity contribution in [1.82, 2.24) is 9.80 Å². The molecule has 0 aromatic carbocycles. The quantitative estimate of drug-likeness (QED) is 0.308. The zero-order valence-electron chi connectivity index (χ0n) is 11.6. The molecule has 0 rings (SSSR count). The summed E-state index contributed by atoms with van der Waals surface area (Å²) < 4.78 is 0. The minimum absolute atomic E-state index is 0. The van der Waals surface area contributed by atoms with Gasteiger partial charge in [0.15, 0.2) is 0 Å². The molecule has 0 unspecified atom stereocenters. The molecule has 0 spiro atoms. The topological polar surface area (TPSA) is 156 Å². The fourth-order valence-electron chi connectivity index (χ4n) is 1.48. The molecule has 0 aromatic heterocycles. The van der Waals surface area contributed by atoms with E-state index in [-0.39, 0.29) is 44.1 Å². The number of hydrogen-bond acceptors (Lipinski definition) is 6. The monoisotopic (exact) mass is 317 g/mol. The first-order valence-electron chi connectivity index (χ1n) is 5.52. The molecule has 117 valence electrons. The molecule has 0 saturated heterocycles. The smallest absolute Gasteiger partial charge is 0.317 e. The summed E-state index contributed by atoms with van der Waals surface area (Å²) in [5.41, 5.74) is 0. The second-order valence-electron chi connectivity index (χ2n) is 4.00. The molecule has 0 saturated carbocycles. The van der Waals surface area contributed by atoms with Crippen LogP contribution in [0.5, 0.6) is 0 Å². The number of rotatable bonds is 11. The summed E-state index contributed by atoms with van der Waals surface area (Å²) in [4.78, 5) is 44.4. The van der Waals surface area contributed by atoms with Gasteiger partial charge >= 0.3 is 23.9 Å². The van der Waals surface area contributed by atoms with Gasteiger partial charge in [0.05, 0.1) is 26.2 Å². The summed E-state index contributed by atoms with van der Waals surface area (Å²) in [6, 6.07) is 0. The Labute approximate surface area is 143 Å². The molecule has 0 bridgehead atoms. The molecule has 0 aliphatic heterocycles. The Morgan fingerprint density at radius 2 is 0.810 bits per heavy atom. The molecule has 0 fully saturated rings. The van der Waals surface area contributed by atoms with Gasteiger partial charge < -0.3 is 20.4 Å². The van der Waals surface area contributed by atoms with Gasteiger partial charge in [-0.25, -0.2) is 0 Å². The van der Waals surface area contributed by atoms with Crippen molar-refractivity contribution in [3.63, 3.8) is 0 Å². The Bertz CT molecular complexity index is 327. The first-order chi connectivity index (χ1) is 9.20. The van der Waals surface area contributed by atoms with Gasteiger partial charge in [0, 0.05) is 44.1 Å². The molecule has 4 N–H and O–H groups in total. The molecule has 0 heterocycles. The van der Waals surface area contributed by atoms with Gasteiger partial charge in [-0.1, -0.05) is 0 Å². The van der Waals surface area contributed by atoms with Crippen LogP contribution < -0.4 is 0 Å². The number of hydrogen-bond donors (Lipinski definition) is 4. The van der Waals surface area contributed by atoms with Gasteiger partial charge in [0.1, 0.15) is 0 Å². The van der Waals surface area contributed by atoms with E-state index in [0.29, 0.717) is 0 Å². The third-order valence-electron chi connectivity index (χ3n) is 2.17. The van der Waals surface area contributed by atoms with Crippen LogP contribution in [0, 0.1) is 0 Å². The Balaban J connectivity index is -0.00000180. The number of carboxylic acid groups (broad SMARTS) is 4. The van der Waals surface area contributed by atoms with Crippen LogP contribution in [0.1, 0.15) is 1.43 Å². The van der Waals surface area contributed by atoms with Crippen molar-refractivity contribution in [2.45, 2.75) is 0 Å². The van der Waals surface area contributed by atoms with E-state index in [1.54, 1.807) is 0 Å². The maximum absolute atomic E-state index is 10.6. The zero-order chi connectivity index (χ0) is 15.7. The van der Waals surface area contributed by atoms with Gasteiger partial charge in [-0.3, -0.25) is 29.0 Å². The van der Waals surface area contributed by atoms with E-state index in [9.17, 15) is 19.2 Å². The molecule has 21 heavy (non-hydrogen) atoms. The molecule has 0 aliphatic carbocycles. The van der Waals surface area contributed by atoms with Crippen molar-refractivity contribution in [3.05, 3.63) is 0 Å². The van der Waals surface area contributed by atoms with Crippen LogP contribution in [0.2, 0.25) is 0 Å². The first kappa shape index (κ1) is 22.1. The van der Waals surface area contributed by atoms with Gasteiger partial charge in [-0.05, 0) is 0 Å². The maximum atomic E-state index is 10.6. The van der Waals surface area contributed by atoms with Crippen LogP contribution in [0.15, 0.2) is 0 Å². The van der Waals surface area contributed by atoms with E-state index in [2.05, 4.69) is 0 Å². The average molecular weight is 317 g/mol. The number of aliphatic carboxylic acids is 4. The number of nitrogens with zero attached hydrogens (tertiary/aromatic N) is 2. The molecule has 0 amide bonds. The summed E-state index contributed by atoms with van der Waals surface area (Å²) in [5, 5.41) is 34.5. The van der Waals surface area contributed by atoms with Crippen LogP contribution in [0.4, 0.5) is 0 Å². The van der Waals surface area contributed by atoms with Crippen LogP contribution in [0.3, 0.4) is 0 Å². The van der Waals surface area contributed by atoms with Crippen molar-refractivity contribution in [2.24, 2.45) is 0 Å². The predicted octanol–water partition coefficient (Wildman–Crippen LogP) is -2.21. The standard InChI is InChI=1S/C10H16N2O8.Na.H2/c13-7(14)3-11(4-8(15)16)1-2-12(5-9(17)18)6-10(19)20;;/h1-6H2,(H,13,14)(H,15,16)(H,17,18)(H,19,20);;1H. The predicted molar refractivity (Wildman–Crippen MR) is 71.3 cm³/mol. The van der Waals surface area contributed by atoms with E-state index in [0.717, 1.165) is 9.80 Å². The maximum Gasteiger partial charge on any atom is 0.317 e. The van der Waals surface area contributed by atoms with E-state index in [1.807, 2.05) is 0 Å². The summed E-state index contributed by atoms with van der Waals surface area (Å²) in [7, 11) is 0. The van der Waals surface area contributed by atoms with Crippen LogP contribution in [0.25, 0.3) is 0 Å².